The predicted molar refractivity (Wildman–Crippen MR) is 74.7 cm³/mol. The molecule has 2 rings (SSSR count). The molecular formula is C14H15F2N3O3. The Kier molecular flexibility index (Phi) is 4.39. The zero-order chi connectivity index (χ0) is 16.3. The minimum atomic E-state index is -2.98. The summed E-state index contributed by atoms with van der Waals surface area (Å²) in [6, 6.07) is 5.30. The molecule has 0 saturated carbocycles. The number of ether oxygens (including phenoxy) is 1. The lowest BCUT2D eigenvalue weighted by Crippen LogP contribution is -2.42. The Balaban J connectivity index is 2.23. The number of amides is 3. The number of carbonyl (C=O) groups excluding carboxylic acids is 2. The molecule has 1 fully saturated rings. The van der Waals surface area contributed by atoms with Gasteiger partial charge in [0.05, 0.1) is 6.21 Å². The Hall–Kier alpha value is -2.51. The highest BCUT2D eigenvalue weighted by atomic mass is 19.3. The monoisotopic (exact) mass is 311 g/mol. The van der Waals surface area contributed by atoms with E-state index in [0.29, 0.717) is 11.4 Å². The third-order valence-corrected chi connectivity index (χ3v) is 3.39. The molecule has 0 spiro atoms. The van der Waals surface area contributed by atoms with Crippen molar-refractivity contribution < 1.29 is 23.1 Å². The highest BCUT2D eigenvalue weighted by molar-refractivity contribution is 6.07. The smallest absolute Gasteiger partial charge is 0.387 e. The fraction of sp³-hybridized carbons (Fsp3) is 0.357. The molecule has 6 nitrogen and oxygen atoms in total. The highest BCUT2D eigenvalue weighted by Crippen LogP contribution is 2.22. The van der Waals surface area contributed by atoms with Crippen LogP contribution in [-0.4, -0.2) is 35.3 Å². The van der Waals surface area contributed by atoms with Gasteiger partial charge in [0, 0.05) is 5.56 Å². The molecular weight excluding hydrogens is 296 g/mol. The topological polar surface area (TPSA) is 71.0 Å². The number of para-hydroxylation sites is 1. The summed E-state index contributed by atoms with van der Waals surface area (Å²) >= 11 is 0. The summed E-state index contributed by atoms with van der Waals surface area (Å²) in [6.07, 6.45) is 1.55. The Labute approximate surface area is 125 Å². The maximum atomic E-state index is 12.3. The van der Waals surface area contributed by atoms with E-state index in [0.717, 1.165) is 6.21 Å². The van der Waals surface area contributed by atoms with Gasteiger partial charge in [0.15, 0.2) is 0 Å². The second-order valence-electron chi connectivity index (χ2n) is 4.89. The summed E-state index contributed by atoms with van der Waals surface area (Å²) in [5, 5.41) is 7.01. The van der Waals surface area contributed by atoms with E-state index < -0.39 is 24.1 Å². The first-order valence-electron chi connectivity index (χ1n) is 6.62. The summed E-state index contributed by atoms with van der Waals surface area (Å²) in [5.41, 5.74) is -0.776. The lowest BCUT2D eigenvalue weighted by molar-refractivity contribution is -0.130. The Morgan fingerprint density at radius 1 is 1.41 bits per heavy atom. The molecule has 1 N–H and O–H groups in total. The van der Waals surface area contributed by atoms with Crippen LogP contribution in [0.5, 0.6) is 5.75 Å². The molecule has 1 saturated heterocycles. The number of rotatable bonds is 5. The number of halogens is 2. The van der Waals surface area contributed by atoms with E-state index in [9.17, 15) is 18.4 Å². The summed E-state index contributed by atoms with van der Waals surface area (Å²) in [5.74, 6) is -0.588. The van der Waals surface area contributed by atoms with Crippen molar-refractivity contribution in [1.29, 1.82) is 0 Å². The number of hydrogen-bond acceptors (Lipinski definition) is 4. The van der Waals surface area contributed by atoms with Gasteiger partial charge in [-0.1, -0.05) is 19.1 Å². The van der Waals surface area contributed by atoms with Crippen LogP contribution in [0.1, 0.15) is 25.8 Å². The molecule has 1 heterocycles. The molecule has 0 bridgehead atoms. The van der Waals surface area contributed by atoms with Gasteiger partial charge in [-0.15, -0.1) is 5.01 Å². The lowest BCUT2D eigenvalue weighted by Gasteiger charge is -2.17. The van der Waals surface area contributed by atoms with Crippen molar-refractivity contribution >= 4 is 18.2 Å². The molecule has 22 heavy (non-hydrogen) atoms. The van der Waals surface area contributed by atoms with Gasteiger partial charge in [0.25, 0.3) is 5.91 Å². The minimum Gasteiger partial charge on any atom is -0.434 e. The van der Waals surface area contributed by atoms with E-state index in [-0.39, 0.29) is 11.3 Å². The fourth-order valence-electron chi connectivity index (χ4n) is 1.92. The first kappa shape index (κ1) is 15.9. The van der Waals surface area contributed by atoms with Gasteiger partial charge in [-0.25, -0.2) is 4.79 Å². The third kappa shape index (κ3) is 3.05. The fourth-order valence-corrected chi connectivity index (χ4v) is 1.92. The molecule has 1 aliphatic heterocycles. The normalized spacial score (nSPS) is 21.8. The van der Waals surface area contributed by atoms with Crippen LogP contribution in [0.4, 0.5) is 13.6 Å². The van der Waals surface area contributed by atoms with E-state index in [2.05, 4.69) is 15.2 Å². The zero-order valence-corrected chi connectivity index (χ0v) is 12.0. The molecule has 1 aromatic rings. The van der Waals surface area contributed by atoms with Crippen LogP contribution in [0, 0.1) is 0 Å². The Morgan fingerprint density at radius 3 is 2.68 bits per heavy atom. The van der Waals surface area contributed by atoms with Crippen molar-refractivity contribution in [1.82, 2.24) is 10.3 Å². The number of hydrazone groups is 1. The van der Waals surface area contributed by atoms with Crippen LogP contribution in [0.25, 0.3) is 0 Å². The van der Waals surface area contributed by atoms with Crippen molar-refractivity contribution in [2.75, 3.05) is 0 Å². The highest BCUT2D eigenvalue weighted by Gasteiger charge is 2.46. The van der Waals surface area contributed by atoms with Crippen LogP contribution < -0.4 is 10.1 Å². The number of alkyl halides is 2. The van der Waals surface area contributed by atoms with Crippen molar-refractivity contribution in [2.45, 2.75) is 32.4 Å². The number of carbonyl (C=O) groups is 2. The molecule has 3 amide bonds. The van der Waals surface area contributed by atoms with Gasteiger partial charge in [-0.3, -0.25) is 4.79 Å². The summed E-state index contributed by atoms with van der Waals surface area (Å²) in [6.45, 7) is 0.378. The predicted octanol–water partition coefficient (Wildman–Crippen LogP) is 2.34. The number of nitrogens with one attached hydrogen (secondary N) is 1. The molecule has 118 valence electrons. The first-order valence-corrected chi connectivity index (χ1v) is 6.62. The number of imide groups is 1. The quantitative estimate of drug-likeness (QED) is 0.670. The van der Waals surface area contributed by atoms with E-state index in [1.807, 2.05) is 0 Å². The number of urea groups is 1. The lowest BCUT2D eigenvalue weighted by atomic mass is 10.00. The zero-order valence-electron chi connectivity index (χ0n) is 12.0. The van der Waals surface area contributed by atoms with Gasteiger partial charge in [-0.05, 0) is 25.5 Å². The van der Waals surface area contributed by atoms with Gasteiger partial charge in [0.2, 0.25) is 0 Å². The molecule has 8 heteroatoms. The van der Waals surface area contributed by atoms with E-state index in [1.165, 1.54) is 18.2 Å². The second kappa shape index (κ2) is 6.08. The van der Waals surface area contributed by atoms with E-state index in [4.69, 9.17) is 0 Å². The van der Waals surface area contributed by atoms with Crippen LogP contribution in [-0.2, 0) is 4.79 Å². The van der Waals surface area contributed by atoms with Gasteiger partial charge >= 0.3 is 12.6 Å². The molecule has 1 atom stereocenters. The number of benzene rings is 1. The average molecular weight is 311 g/mol. The maximum Gasteiger partial charge on any atom is 0.387 e. The van der Waals surface area contributed by atoms with Crippen molar-refractivity contribution in [3.05, 3.63) is 29.8 Å². The molecule has 0 radical (unpaired) electrons. The Bertz CT molecular complexity index is 621. The summed E-state index contributed by atoms with van der Waals surface area (Å²) < 4.78 is 29.0. The van der Waals surface area contributed by atoms with Crippen molar-refractivity contribution in [3.8, 4) is 5.75 Å². The molecule has 1 aliphatic rings. The molecule has 1 aromatic carbocycles. The largest absolute Gasteiger partial charge is 0.434 e. The van der Waals surface area contributed by atoms with Crippen molar-refractivity contribution in [3.63, 3.8) is 0 Å². The van der Waals surface area contributed by atoms with E-state index >= 15 is 0 Å². The van der Waals surface area contributed by atoms with Gasteiger partial charge < -0.3 is 10.1 Å². The van der Waals surface area contributed by atoms with Crippen LogP contribution in [0.2, 0.25) is 0 Å². The molecule has 0 aliphatic carbocycles. The maximum absolute atomic E-state index is 12.3. The number of nitrogens with zero attached hydrogens (tertiary/aromatic N) is 2. The second-order valence-corrected chi connectivity index (χ2v) is 4.89. The average Bonchev–Trinajstić information content (AvgIpc) is 2.69. The third-order valence-electron chi connectivity index (χ3n) is 3.39. The van der Waals surface area contributed by atoms with Crippen LogP contribution in [0.15, 0.2) is 29.4 Å². The summed E-state index contributed by atoms with van der Waals surface area (Å²) in [4.78, 5) is 23.9. The first-order chi connectivity index (χ1) is 10.4. The Morgan fingerprint density at radius 2 is 2.09 bits per heavy atom. The van der Waals surface area contributed by atoms with Gasteiger partial charge in [0.1, 0.15) is 11.3 Å². The van der Waals surface area contributed by atoms with Crippen molar-refractivity contribution in [2.24, 2.45) is 5.10 Å². The summed E-state index contributed by atoms with van der Waals surface area (Å²) in [7, 11) is 0. The SMILES string of the molecule is CCC1(C)NC(=O)N(N=Cc2ccccc2OC(F)F)C1=O. The number of hydrogen-bond donors (Lipinski definition) is 1. The minimum absolute atomic E-state index is 0.0912. The van der Waals surface area contributed by atoms with Crippen LogP contribution in [0.3, 0.4) is 0 Å². The molecule has 0 aromatic heterocycles. The standard InChI is InChI=1S/C14H15F2N3O3/c1-3-14(2)11(20)19(13(21)18-14)17-8-9-6-4-5-7-10(9)22-12(15)16/h4-8,12H,3H2,1-2H3,(H,18,21). The van der Waals surface area contributed by atoms with E-state index in [1.54, 1.807) is 19.9 Å². The molecule has 1 unspecified atom stereocenters. The van der Waals surface area contributed by atoms with Gasteiger partial charge in [-0.2, -0.15) is 13.9 Å². The van der Waals surface area contributed by atoms with Crippen LogP contribution >= 0.6 is 0 Å².